The molecule has 0 fully saturated rings. The molecule has 0 saturated carbocycles. The Balaban J connectivity index is 3.01. The number of aryl methyl sites for hydroxylation is 2. The van der Waals surface area contributed by atoms with Crippen molar-refractivity contribution < 1.29 is 13.6 Å². The van der Waals surface area contributed by atoms with Gasteiger partial charge in [0.2, 0.25) is 0 Å². The maximum Gasteiger partial charge on any atom is 0.264 e. The molecule has 1 aromatic carbocycles. The van der Waals surface area contributed by atoms with Crippen LogP contribution in [0.15, 0.2) is 18.2 Å². The van der Waals surface area contributed by atoms with E-state index in [1.54, 1.807) is 25.1 Å². The minimum Gasteiger partial charge on any atom is -0.303 e. The molecule has 0 heterocycles. The van der Waals surface area contributed by atoms with E-state index in [4.69, 9.17) is 0 Å². The van der Waals surface area contributed by atoms with Crippen LogP contribution in [0.3, 0.4) is 0 Å². The number of hydrogen-bond donors (Lipinski definition) is 0. The van der Waals surface area contributed by atoms with E-state index in [0.29, 0.717) is 24.0 Å². The Morgan fingerprint density at radius 1 is 1.43 bits per heavy atom. The maximum atomic E-state index is 12.6. The van der Waals surface area contributed by atoms with Crippen molar-refractivity contribution in [3.8, 4) is 0 Å². The van der Waals surface area contributed by atoms with E-state index in [9.17, 15) is 13.6 Å². The smallest absolute Gasteiger partial charge is 0.264 e. The first-order valence-corrected chi connectivity index (χ1v) is 4.47. The van der Waals surface area contributed by atoms with Gasteiger partial charge in [0.15, 0.2) is 0 Å². The first-order valence-electron chi connectivity index (χ1n) is 4.47. The third kappa shape index (κ3) is 2.37. The van der Waals surface area contributed by atoms with Crippen molar-refractivity contribution >= 4 is 6.29 Å². The summed E-state index contributed by atoms with van der Waals surface area (Å²) in [5, 5.41) is 0. The van der Waals surface area contributed by atoms with Crippen molar-refractivity contribution in [2.45, 2.75) is 26.2 Å². The number of alkyl halides is 2. The van der Waals surface area contributed by atoms with Gasteiger partial charge in [-0.1, -0.05) is 18.2 Å². The van der Waals surface area contributed by atoms with Crippen LogP contribution in [0.4, 0.5) is 8.78 Å². The zero-order valence-corrected chi connectivity index (χ0v) is 7.97. The van der Waals surface area contributed by atoms with Crippen LogP contribution in [0.25, 0.3) is 0 Å². The molecule has 0 atom stereocenters. The zero-order chi connectivity index (χ0) is 10.6. The lowest BCUT2D eigenvalue weighted by atomic mass is 9.99. The topological polar surface area (TPSA) is 17.1 Å². The summed E-state index contributed by atoms with van der Waals surface area (Å²) in [5.74, 6) is 0. The number of aldehydes is 1. The van der Waals surface area contributed by atoms with Gasteiger partial charge in [0.25, 0.3) is 6.43 Å². The second-order valence-electron chi connectivity index (χ2n) is 3.15. The highest BCUT2D eigenvalue weighted by atomic mass is 19.3. The van der Waals surface area contributed by atoms with Crippen molar-refractivity contribution in [3.63, 3.8) is 0 Å². The van der Waals surface area contributed by atoms with E-state index in [0.717, 1.165) is 6.29 Å². The van der Waals surface area contributed by atoms with E-state index in [1.165, 1.54) is 0 Å². The van der Waals surface area contributed by atoms with Crippen LogP contribution >= 0.6 is 0 Å². The van der Waals surface area contributed by atoms with Crippen LogP contribution in [0.1, 0.15) is 29.5 Å². The molecule has 76 valence electrons. The normalized spacial score (nSPS) is 10.6. The minimum absolute atomic E-state index is 0.0781. The highest BCUT2D eigenvalue weighted by Gasteiger charge is 2.14. The van der Waals surface area contributed by atoms with Crippen molar-refractivity contribution in [3.05, 3.63) is 34.9 Å². The Morgan fingerprint density at radius 3 is 2.71 bits per heavy atom. The number of hydrogen-bond acceptors (Lipinski definition) is 1. The minimum atomic E-state index is -2.46. The summed E-state index contributed by atoms with van der Waals surface area (Å²) >= 11 is 0. The molecule has 0 N–H and O–H groups in total. The third-order valence-electron chi connectivity index (χ3n) is 2.16. The first-order chi connectivity index (χ1) is 6.66. The molecule has 14 heavy (non-hydrogen) atoms. The Kier molecular flexibility index (Phi) is 3.74. The highest BCUT2D eigenvalue weighted by Crippen LogP contribution is 2.26. The number of carbonyl (C=O) groups excluding carboxylic acids is 1. The standard InChI is InChI=1S/C11H12F2O/c1-8-4-2-5-9(6-3-7-14)10(8)11(12)13/h2,4-5,7,11H,3,6H2,1H3. The van der Waals surface area contributed by atoms with Gasteiger partial charge in [-0.2, -0.15) is 0 Å². The fourth-order valence-corrected chi connectivity index (χ4v) is 1.49. The van der Waals surface area contributed by atoms with Gasteiger partial charge in [-0.3, -0.25) is 0 Å². The van der Waals surface area contributed by atoms with Gasteiger partial charge in [0.05, 0.1) is 0 Å². The summed E-state index contributed by atoms with van der Waals surface area (Å²) in [6.45, 7) is 1.66. The molecule has 0 amide bonds. The number of benzene rings is 1. The van der Waals surface area contributed by atoms with Crippen LogP contribution in [-0.4, -0.2) is 6.29 Å². The molecule has 3 heteroatoms. The van der Waals surface area contributed by atoms with Crippen LogP contribution in [0.2, 0.25) is 0 Å². The predicted octanol–water partition coefficient (Wildman–Crippen LogP) is 3.06. The predicted molar refractivity (Wildman–Crippen MR) is 50.5 cm³/mol. The molecule has 1 aromatic rings. The van der Waals surface area contributed by atoms with Crippen LogP contribution in [-0.2, 0) is 11.2 Å². The van der Waals surface area contributed by atoms with Crippen molar-refractivity contribution in [1.82, 2.24) is 0 Å². The van der Waals surface area contributed by atoms with Crippen molar-refractivity contribution in [1.29, 1.82) is 0 Å². The Morgan fingerprint density at radius 2 is 2.14 bits per heavy atom. The molecule has 0 unspecified atom stereocenters. The largest absolute Gasteiger partial charge is 0.303 e. The van der Waals surface area contributed by atoms with Crippen LogP contribution in [0, 0.1) is 6.92 Å². The summed E-state index contributed by atoms with van der Waals surface area (Å²) in [7, 11) is 0. The summed E-state index contributed by atoms with van der Waals surface area (Å²) in [5.41, 5.74) is 1.24. The fraction of sp³-hybridized carbons (Fsp3) is 0.364. The molecule has 0 radical (unpaired) electrons. The third-order valence-corrected chi connectivity index (χ3v) is 2.16. The average Bonchev–Trinajstić information content (AvgIpc) is 2.14. The molecule has 0 saturated heterocycles. The van der Waals surface area contributed by atoms with Crippen LogP contribution < -0.4 is 0 Å². The Bertz CT molecular complexity index is 321. The summed E-state index contributed by atoms with van der Waals surface area (Å²) in [4.78, 5) is 10.2. The maximum absolute atomic E-state index is 12.6. The first kappa shape index (κ1) is 10.8. The quantitative estimate of drug-likeness (QED) is 0.679. The molecule has 0 bridgehead atoms. The molecular formula is C11H12F2O. The number of carbonyl (C=O) groups is 1. The van der Waals surface area contributed by atoms with E-state index in [1.807, 2.05) is 0 Å². The van der Waals surface area contributed by atoms with E-state index < -0.39 is 6.43 Å². The molecule has 1 rings (SSSR count). The highest BCUT2D eigenvalue weighted by molar-refractivity contribution is 5.50. The summed E-state index contributed by atoms with van der Waals surface area (Å²) < 4.78 is 25.3. The van der Waals surface area contributed by atoms with Gasteiger partial charge in [-0.15, -0.1) is 0 Å². The van der Waals surface area contributed by atoms with Gasteiger partial charge >= 0.3 is 0 Å². The Labute approximate surface area is 81.7 Å². The van der Waals surface area contributed by atoms with E-state index in [2.05, 4.69) is 0 Å². The lowest BCUT2D eigenvalue weighted by molar-refractivity contribution is -0.107. The lowest BCUT2D eigenvalue weighted by Gasteiger charge is -2.10. The van der Waals surface area contributed by atoms with Gasteiger partial charge in [0.1, 0.15) is 6.29 Å². The van der Waals surface area contributed by atoms with Gasteiger partial charge in [0, 0.05) is 12.0 Å². The Hall–Kier alpha value is -1.25. The average molecular weight is 198 g/mol. The van der Waals surface area contributed by atoms with E-state index >= 15 is 0 Å². The fourth-order valence-electron chi connectivity index (χ4n) is 1.49. The van der Waals surface area contributed by atoms with E-state index in [-0.39, 0.29) is 5.56 Å². The van der Waals surface area contributed by atoms with Gasteiger partial charge in [-0.25, -0.2) is 8.78 Å². The lowest BCUT2D eigenvalue weighted by Crippen LogP contribution is -1.98. The SMILES string of the molecule is Cc1cccc(CCC=O)c1C(F)F. The second-order valence-corrected chi connectivity index (χ2v) is 3.15. The molecule has 1 nitrogen and oxygen atoms in total. The summed E-state index contributed by atoms with van der Waals surface area (Å²) in [6, 6.07) is 5.05. The zero-order valence-electron chi connectivity index (χ0n) is 7.97. The monoisotopic (exact) mass is 198 g/mol. The molecule has 0 spiro atoms. The molecule has 0 aliphatic carbocycles. The molecule has 0 aliphatic heterocycles. The summed E-state index contributed by atoms with van der Waals surface area (Å²) in [6.07, 6.45) is -1.02. The molecule has 0 aromatic heterocycles. The molecular weight excluding hydrogens is 186 g/mol. The van der Waals surface area contributed by atoms with Crippen LogP contribution in [0.5, 0.6) is 0 Å². The number of rotatable bonds is 4. The van der Waals surface area contributed by atoms with Crippen molar-refractivity contribution in [2.24, 2.45) is 0 Å². The van der Waals surface area contributed by atoms with Gasteiger partial charge < -0.3 is 4.79 Å². The van der Waals surface area contributed by atoms with Crippen molar-refractivity contribution in [2.75, 3.05) is 0 Å². The molecule has 0 aliphatic rings. The second kappa shape index (κ2) is 4.84. The number of halogens is 2. The van der Waals surface area contributed by atoms with Gasteiger partial charge in [-0.05, 0) is 24.5 Å².